The van der Waals surface area contributed by atoms with Crippen LogP contribution in [0.1, 0.15) is 28.5 Å². The van der Waals surface area contributed by atoms with Crippen molar-refractivity contribution in [3.05, 3.63) is 91.6 Å². The Hall–Kier alpha value is -2.90. The summed E-state index contributed by atoms with van der Waals surface area (Å²) in [5, 5.41) is 14.3. The number of carbonyl (C=O) groups excluding carboxylic acids is 1. The van der Waals surface area contributed by atoms with Gasteiger partial charge in [-0.3, -0.25) is 4.79 Å². The second-order valence-electron chi connectivity index (χ2n) is 8.50. The summed E-state index contributed by atoms with van der Waals surface area (Å²) in [5.41, 5.74) is 1.41. The van der Waals surface area contributed by atoms with E-state index in [0.29, 0.717) is 38.1 Å². The van der Waals surface area contributed by atoms with Gasteiger partial charge in [0.25, 0.3) is 5.91 Å². The van der Waals surface area contributed by atoms with E-state index in [-0.39, 0.29) is 22.2 Å². The number of amides is 1. The first-order valence-electron chi connectivity index (χ1n) is 10.7. The number of carboxylic acid groups (broad SMARTS) is 1. The van der Waals surface area contributed by atoms with Crippen LogP contribution in [0.5, 0.6) is 0 Å². The van der Waals surface area contributed by atoms with Crippen molar-refractivity contribution in [3.63, 3.8) is 0 Å². The van der Waals surface area contributed by atoms with Gasteiger partial charge in [0.2, 0.25) is 0 Å². The van der Waals surface area contributed by atoms with Crippen LogP contribution in [0.3, 0.4) is 0 Å². The molecule has 184 valence electrons. The van der Waals surface area contributed by atoms with E-state index in [2.05, 4.69) is 15.3 Å². The van der Waals surface area contributed by atoms with Gasteiger partial charge in [-0.1, -0.05) is 64.6 Å². The fourth-order valence-electron chi connectivity index (χ4n) is 3.86. The molecule has 0 unspecified atom stereocenters. The van der Waals surface area contributed by atoms with Crippen LogP contribution in [0.2, 0.25) is 20.2 Å². The van der Waals surface area contributed by atoms with Crippen molar-refractivity contribution >= 4 is 69.2 Å². The molecule has 1 amide bonds. The number of rotatable bonds is 6. The first-order chi connectivity index (χ1) is 17.0. The zero-order valence-electron chi connectivity index (χ0n) is 19.1. The van der Waals surface area contributed by atoms with Crippen molar-refractivity contribution in [2.24, 2.45) is 0 Å². The summed E-state index contributed by atoms with van der Waals surface area (Å²) in [7, 11) is 0. The Balaban J connectivity index is 1.63. The maximum absolute atomic E-state index is 12.9. The molecule has 10 heteroatoms. The molecular formula is C26H19Cl4N3O3. The SMILES string of the molecule is Cc1cc(Cl)c(C(=O)N[C@@](C)(Cc2ccc3nc(-c4c(Cl)cccc4Cl)ccc3c2)C(=O)O)c(Cl)n1. The van der Waals surface area contributed by atoms with E-state index < -0.39 is 17.4 Å². The van der Waals surface area contributed by atoms with Gasteiger partial charge in [-0.2, -0.15) is 0 Å². The molecule has 6 nitrogen and oxygen atoms in total. The van der Waals surface area contributed by atoms with Gasteiger partial charge in [0.1, 0.15) is 10.7 Å². The maximum atomic E-state index is 12.9. The molecule has 0 saturated heterocycles. The molecule has 0 saturated carbocycles. The van der Waals surface area contributed by atoms with Gasteiger partial charge in [0.15, 0.2) is 0 Å². The van der Waals surface area contributed by atoms with E-state index in [4.69, 9.17) is 46.4 Å². The maximum Gasteiger partial charge on any atom is 0.329 e. The topological polar surface area (TPSA) is 92.2 Å². The number of hydrogen-bond acceptors (Lipinski definition) is 4. The number of halogens is 4. The highest BCUT2D eigenvalue weighted by atomic mass is 35.5. The van der Waals surface area contributed by atoms with E-state index in [1.807, 2.05) is 12.1 Å². The molecule has 0 aliphatic heterocycles. The Morgan fingerprint density at radius 1 is 0.944 bits per heavy atom. The summed E-state index contributed by atoms with van der Waals surface area (Å²) >= 11 is 24.9. The molecule has 0 aliphatic rings. The monoisotopic (exact) mass is 561 g/mol. The Labute approximate surface area is 227 Å². The molecular weight excluding hydrogens is 544 g/mol. The van der Waals surface area contributed by atoms with E-state index in [1.54, 1.807) is 43.3 Å². The lowest BCUT2D eigenvalue weighted by Crippen LogP contribution is -2.54. The summed E-state index contributed by atoms with van der Waals surface area (Å²) in [6, 6.07) is 15.7. The second kappa shape index (κ2) is 10.2. The van der Waals surface area contributed by atoms with Crippen LogP contribution in [0.15, 0.2) is 54.6 Å². The Kier molecular flexibility index (Phi) is 7.43. The largest absolute Gasteiger partial charge is 0.480 e. The third-order valence-corrected chi connectivity index (χ3v) is 6.88. The minimum Gasteiger partial charge on any atom is -0.480 e. The first kappa shape index (κ1) is 26.2. The number of aliphatic carboxylic acids is 1. The number of carboxylic acids is 1. The number of aromatic nitrogens is 2. The van der Waals surface area contributed by atoms with Crippen molar-refractivity contribution in [1.82, 2.24) is 15.3 Å². The van der Waals surface area contributed by atoms with Gasteiger partial charge < -0.3 is 10.4 Å². The smallest absolute Gasteiger partial charge is 0.329 e. The Morgan fingerprint density at radius 2 is 1.64 bits per heavy atom. The Morgan fingerprint density at radius 3 is 2.28 bits per heavy atom. The molecule has 4 rings (SSSR count). The predicted molar refractivity (Wildman–Crippen MR) is 143 cm³/mol. The van der Waals surface area contributed by atoms with Crippen LogP contribution in [0.4, 0.5) is 0 Å². The van der Waals surface area contributed by atoms with Crippen LogP contribution in [-0.2, 0) is 11.2 Å². The molecule has 0 radical (unpaired) electrons. The Bertz CT molecular complexity index is 1480. The van der Waals surface area contributed by atoms with Crippen LogP contribution >= 0.6 is 46.4 Å². The third-order valence-electron chi connectivity index (χ3n) is 5.67. The number of nitrogens with zero attached hydrogens (tertiary/aromatic N) is 2. The van der Waals surface area contributed by atoms with E-state index in [1.165, 1.54) is 13.0 Å². The molecule has 0 aliphatic carbocycles. The summed E-state index contributed by atoms with van der Waals surface area (Å²) < 4.78 is 0. The summed E-state index contributed by atoms with van der Waals surface area (Å²) in [5.74, 6) is -1.95. The number of pyridine rings is 2. The van der Waals surface area contributed by atoms with Gasteiger partial charge in [0, 0.05) is 23.1 Å². The average Bonchev–Trinajstić information content (AvgIpc) is 2.78. The molecule has 4 aromatic rings. The lowest BCUT2D eigenvalue weighted by atomic mass is 9.91. The van der Waals surface area contributed by atoms with Crippen LogP contribution in [-0.4, -0.2) is 32.5 Å². The standard InChI is InChI=1S/C26H19Cl4N3O3/c1-13-10-18(29)22(23(30)31-13)24(34)33-26(2,25(35)36)12-14-6-8-19-15(11-14)7-9-20(32-19)21-16(27)4-3-5-17(21)28/h3-11H,12H2,1-2H3,(H,33,34)(H,35,36)/t26-/m0/s1. The fourth-order valence-corrected chi connectivity index (χ4v) is 5.15. The molecule has 1 atom stereocenters. The highest BCUT2D eigenvalue weighted by molar-refractivity contribution is 6.39. The molecule has 2 aromatic heterocycles. The molecule has 2 aromatic carbocycles. The number of nitrogens with one attached hydrogen (secondary N) is 1. The zero-order chi connectivity index (χ0) is 26.2. The number of aryl methyl sites for hydroxylation is 1. The van der Waals surface area contributed by atoms with Gasteiger partial charge in [-0.25, -0.2) is 14.8 Å². The quantitative estimate of drug-likeness (QED) is 0.246. The molecule has 2 heterocycles. The third kappa shape index (κ3) is 5.27. The van der Waals surface area contributed by atoms with Crippen LogP contribution in [0, 0.1) is 6.92 Å². The van der Waals surface area contributed by atoms with Gasteiger partial charge in [0.05, 0.1) is 31.8 Å². The summed E-state index contributed by atoms with van der Waals surface area (Å²) in [4.78, 5) is 33.8. The molecule has 36 heavy (non-hydrogen) atoms. The van der Waals surface area contributed by atoms with Crippen LogP contribution < -0.4 is 5.32 Å². The van der Waals surface area contributed by atoms with Crippen LogP contribution in [0.25, 0.3) is 22.2 Å². The molecule has 0 bridgehead atoms. The van der Waals surface area contributed by atoms with Crippen molar-refractivity contribution in [2.45, 2.75) is 25.8 Å². The normalized spacial score (nSPS) is 12.8. The van der Waals surface area contributed by atoms with Gasteiger partial charge in [-0.15, -0.1) is 0 Å². The van der Waals surface area contributed by atoms with E-state index in [9.17, 15) is 14.7 Å². The second-order valence-corrected chi connectivity index (χ2v) is 10.1. The van der Waals surface area contributed by atoms with Crippen molar-refractivity contribution in [1.29, 1.82) is 0 Å². The van der Waals surface area contributed by atoms with Crippen molar-refractivity contribution < 1.29 is 14.7 Å². The molecule has 0 fully saturated rings. The van der Waals surface area contributed by atoms with Crippen molar-refractivity contribution in [3.8, 4) is 11.3 Å². The minimum atomic E-state index is -1.65. The average molecular weight is 563 g/mol. The van der Waals surface area contributed by atoms with E-state index >= 15 is 0 Å². The van der Waals surface area contributed by atoms with Gasteiger partial charge in [-0.05, 0) is 55.8 Å². The lowest BCUT2D eigenvalue weighted by molar-refractivity contribution is -0.143. The van der Waals surface area contributed by atoms with Crippen molar-refractivity contribution in [2.75, 3.05) is 0 Å². The lowest BCUT2D eigenvalue weighted by Gasteiger charge is -2.27. The summed E-state index contributed by atoms with van der Waals surface area (Å²) in [6.07, 6.45) is -0.00334. The number of hydrogen-bond donors (Lipinski definition) is 2. The molecule has 0 spiro atoms. The number of carbonyl (C=O) groups is 2. The zero-order valence-corrected chi connectivity index (χ0v) is 22.1. The van der Waals surface area contributed by atoms with Gasteiger partial charge >= 0.3 is 5.97 Å². The number of benzene rings is 2. The number of fused-ring (bicyclic) bond motifs is 1. The van der Waals surface area contributed by atoms with E-state index in [0.717, 1.165) is 5.39 Å². The minimum absolute atomic E-state index is 0.00334. The predicted octanol–water partition coefficient (Wildman–Crippen LogP) is 7.03. The highest BCUT2D eigenvalue weighted by Gasteiger charge is 2.36. The summed E-state index contributed by atoms with van der Waals surface area (Å²) in [6.45, 7) is 3.10. The highest BCUT2D eigenvalue weighted by Crippen LogP contribution is 2.34. The fraction of sp³-hybridized carbons (Fsp3) is 0.154. The molecule has 2 N–H and O–H groups in total. The first-order valence-corrected chi connectivity index (χ1v) is 12.2.